The van der Waals surface area contributed by atoms with Crippen LogP contribution < -0.4 is 15.4 Å². The fourth-order valence-corrected chi connectivity index (χ4v) is 3.63. The van der Waals surface area contributed by atoms with Crippen LogP contribution in [0.2, 0.25) is 5.02 Å². The summed E-state index contributed by atoms with van der Waals surface area (Å²) in [7, 11) is 0. The van der Waals surface area contributed by atoms with Crippen molar-refractivity contribution in [2.45, 2.75) is 12.5 Å². The van der Waals surface area contributed by atoms with E-state index < -0.39 is 6.04 Å². The molecule has 29 heavy (non-hydrogen) atoms. The average molecular weight is 477 g/mol. The van der Waals surface area contributed by atoms with E-state index in [0.29, 0.717) is 22.4 Å². The van der Waals surface area contributed by atoms with Gasteiger partial charge in [0.25, 0.3) is 5.91 Å². The number of nitrogens with zero attached hydrogens (tertiary/aromatic N) is 3. The van der Waals surface area contributed by atoms with Crippen LogP contribution in [0.5, 0.6) is 5.75 Å². The molecule has 10 heteroatoms. The molecule has 0 spiro atoms. The summed E-state index contributed by atoms with van der Waals surface area (Å²) in [5, 5.41) is 10.1. The Hall–Kier alpha value is -2.91. The molecule has 148 valence electrons. The lowest BCUT2D eigenvalue weighted by molar-refractivity contribution is -0.118. The molecule has 0 saturated carbocycles. The molecule has 3 aromatic rings. The number of aromatic nitrogens is 3. The van der Waals surface area contributed by atoms with E-state index in [1.54, 1.807) is 41.1 Å². The second-order valence-corrected chi connectivity index (χ2v) is 7.68. The van der Waals surface area contributed by atoms with E-state index in [1.165, 1.54) is 6.33 Å². The van der Waals surface area contributed by atoms with Crippen molar-refractivity contribution in [3.63, 3.8) is 0 Å². The molecule has 1 atom stereocenters. The first kappa shape index (κ1) is 19.4. The average Bonchev–Trinajstić information content (AvgIpc) is 3.14. The third kappa shape index (κ3) is 4.41. The van der Waals surface area contributed by atoms with Crippen LogP contribution in [0.1, 0.15) is 18.0 Å². The lowest BCUT2D eigenvalue weighted by atomic mass is 10.0. The zero-order chi connectivity index (χ0) is 20.4. The normalized spacial score (nSPS) is 15.4. The number of rotatable bonds is 5. The van der Waals surface area contributed by atoms with Gasteiger partial charge in [0.05, 0.1) is 12.5 Å². The molecule has 0 fully saturated rings. The summed E-state index contributed by atoms with van der Waals surface area (Å²) >= 11 is 9.38. The van der Waals surface area contributed by atoms with E-state index in [-0.39, 0.29) is 24.8 Å². The van der Waals surface area contributed by atoms with Gasteiger partial charge in [0.2, 0.25) is 11.9 Å². The minimum Gasteiger partial charge on any atom is -0.483 e. The van der Waals surface area contributed by atoms with Gasteiger partial charge in [-0.3, -0.25) is 14.9 Å². The van der Waals surface area contributed by atoms with Crippen molar-refractivity contribution < 1.29 is 14.3 Å². The standard InChI is InChI=1S/C19H15BrClN5O3/c20-11-4-5-16(29-9-18(28)24-13-3-1-2-12(21)7-13)14(6-11)15-8-17(27)25-19-22-10-23-26(15)19/h1-7,10,15H,8-9H2,(H,24,28)(H,22,23,25,27)/t15-/m1/s1. The first-order valence-corrected chi connectivity index (χ1v) is 9.84. The van der Waals surface area contributed by atoms with Crippen molar-refractivity contribution in [2.75, 3.05) is 17.2 Å². The number of anilines is 2. The maximum absolute atomic E-state index is 12.3. The van der Waals surface area contributed by atoms with Crippen LogP contribution in [-0.4, -0.2) is 33.2 Å². The van der Waals surface area contributed by atoms with Crippen LogP contribution in [-0.2, 0) is 9.59 Å². The fraction of sp³-hybridized carbons (Fsp3) is 0.158. The summed E-state index contributed by atoms with van der Waals surface area (Å²) in [6.07, 6.45) is 1.56. The minimum absolute atomic E-state index is 0.167. The quantitative estimate of drug-likeness (QED) is 0.586. The number of amides is 2. The van der Waals surface area contributed by atoms with Gasteiger partial charge >= 0.3 is 0 Å². The molecule has 2 heterocycles. The van der Waals surface area contributed by atoms with Gasteiger partial charge in [-0.2, -0.15) is 10.1 Å². The largest absolute Gasteiger partial charge is 0.483 e. The molecule has 0 unspecified atom stereocenters. The molecule has 0 saturated heterocycles. The van der Waals surface area contributed by atoms with Gasteiger partial charge in [-0.1, -0.05) is 33.6 Å². The number of nitrogens with one attached hydrogen (secondary N) is 2. The van der Waals surface area contributed by atoms with Gasteiger partial charge in [0, 0.05) is 20.7 Å². The van der Waals surface area contributed by atoms with Crippen LogP contribution in [0, 0.1) is 0 Å². The van der Waals surface area contributed by atoms with Crippen molar-refractivity contribution in [1.29, 1.82) is 0 Å². The van der Waals surface area contributed by atoms with E-state index in [9.17, 15) is 9.59 Å². The van der Waals surface area contributed by atoms with Gasteiger partial charge < -0.3 is 10.1 Å². The Kier molecular flexibility index (Phi) is 5.50. The number of hydrogen-bond donors (Lipinski definition) is 2. The molecule has 1 aromatic heterocycles. The molecule has 0 radical (unpaired) electrons. The van der Waals surface area contributed by atoms with E-state index in [2.05, 4.69) is 36.6 Å². The number of ether oxygens (including phenoxy) is 1. The van der Waals surface area contributed by atoms with Gasteiger partial charge in [-0.05, 0) is 36.4 Å². The van der Waals surface area contributed by atoms with E-state index in [4.69, 9.17) is 16.3 Å². The Morgan fingerprint density at radius 2 is 2.21 bits per heavy atom. The summed E-state index contributed by atoms with van der Waals surface area (Å²) < 4.78 is 8.22. The third-order valence-corrected chi connectivity index (χ3v) is 5.02. The highest BCUT2D eigenvalue weighted by Gasteiger charge is 2.30. The van der Waals surface area contributed by atoms with Crippen molar-refractivity contribution in [1.82, 2.24) is 14.8 Å². The topological polar surface area (TPSA) is 98.1 Å². The van der Waals surface area contributed by atoms with Gasteiger partial charge in [-0.25, -0.2) is 4.68 Å². The van der Waals surface area contributed by atoms with E-state index in [0.717, 1.165) is 10.0 Å². The van der Waals surface area contributed by atoms with Gasteiger partial charge in [-0.15, -0.1) is 0 Å². The SMILES string of the molecule is O=C(COc1ccc(Br)cc1[C@H]1CC(=O)Nc2ncnn21)Nc1cccc(Cl)c1. The Morgan fingerprint density at radius 1 is 1.34 bits per heavy atom. The van der Waals surface area contributed by atoms with Crippen molar-refractivity contribution >= 4 is 51.0 Å². The Bertz CT molecular complexity index is 1090. The molecule has 2 amide bonds. The first-order chi connectivity index (χ1) is 14.0. The smallest absolute Gasteiger partial charge is 0.262 e. The van der Waals surface area contributed by atoms with Gasteiger partial charge in [0.15, 0.2) is 6.61 Å². The van der Waals surface area contributed by atoms with E-state index >= 15 is 0 Å². The molecule has 8 nitrogen and oxygen atoms in total. The second-order valence-electron chi connectivity index (χ2n) is 6.33. The Labute approximate surface area is 179 Å². The predicted octanol–water partition coefficient (Wildman–Crippen LogP) is 3.64. The maximum Gasteiger partial charge on any atom is 0.262 e. The highest BCUT2D eigenvalue weighted by Crippen LogP contribution is 2.36. The van der Waals surface area contributed by atoms with Crippen molar-refractivity contribution in [3.05, 3.63) is 63.9 Å². The summed E-state index contributed by atoms with van der Waals surface area (Å²) in [5.41, 5.74) is 1.30. The van der Waals surface area contributed by atoms with Crippen LogP contribution >= 0.6 is 27.5 Å². The highest BCUT2D eigenvalue weighted by atomic mass is 79.9. The van der Waals surface area contributed by atoms with Crippen molar-refractivity contribution in [2.24, 2.45) is 0 Å². The second kappa shape index (κ2) is 8.22. The Morgan fingerprint density at radius 3 is 3.03 bits per heavy atom. The van der Waals surface area contributed by atoms with Gasteiger partial charge in [0.1, 0.15) is 12.1 Å². The fourth-order valence-electron chi connectivity index (χ4n) is 3.06. The molecule has 4 rings (SSSR count). The molecule has 2 N–H and O–H groups in total. The number of carbonyl (C=O) groups excluding carboxylic acids is 2. The number of hydrogen-bond acceptors (Lipinski definition) is 5. The number of benzene rings is 2. The Balaban J connectivity index is 1.54. The summed E-state index contributed by atoms with van der Waals surface area (Å²) in [6, 6.07) is 11.9. The lowest BCUT2D eigenvalue weighted by Gasteiger charge is -2.25. The molecule has 2 aromatic carbocycles. The number of halogens is 2. The number of carbonyl (C=O) groups is 2. The summed E-state index contributed by atoms with van der Waals surface area (Å²) in [5.74, 6) is 0.357. The molecule has 1 aliphatic heterocycles. The van der Waals surface area contributed by atoms with Crippen LogP contribution in [0.3, 0.4) is 0 Å². The zero-order valence-corrected chi connectivity index (χ0v) is 17.3. The third-order valence-electron chi connectivity index (χ3n) is 4.30. The molecular formula is C19H15BrClN5O3. The summed E-state index contributed by atoms with van der Waals surface area (Å²) in [4.78, 5) is 28.4. The van der Waals surface area contributed by atoms with Crippen LogP contribution in [0.15, 0.2) is 53.3 Å². The minimum atomic E-state index is -0.398. The predicted molar refractivity (Wildman–Crippen MR) is 111 cm³/mol. The summed E-state index contributed by atoms with van der Waals surface area (Å²) in [6.45, 7) is -0.204. The van der Waals surface area contributed by atoms with Crippen LogP contribution in [0.4, 0.5) is 11.6 Å². The van der Waals surface area contributed by atoms with Crippen LogP contribution in [0.25, 0.3) is 0 Å². The van der Waals surface area contributed by atoms with Crippen molar-refractivity contribution in [3.8, 4) is 5.75 Å². The lowest BCUT2D eigenvalue weighted by Crippen LogP contribution is -2.30. The molecule has 0 bridgehead atoms. The maximum atomic E-state index is 12.3. The zero-order valence-electron chi connectivity index (χ0n) is 14.9. The molecular weight excluding hydrogens is 462 g/mol. The highest BCUT2D eigenvalue weighted by molar-refractivity contribution is 9.10. The monoisotopic (exact) mass is 475 g/mol. The first-order valence-electron chi connectivity index (χ1n) is 8.66. The number of fused-ring (bicyclic) bond motifs is 1. The molecule has 1 aliphatic rings. The van der Waals surface area contributed by atoms with E-state index in [1.807, 2.05) is 6.07 Å². The molecule has 0 aliphatic carbocycles.